The Balaban J connectivity index is 2.07. The number of aliphatic hydroxyl groups is 1. The van der Waals surface area contributed by atoms with Gasteiger partial charge in [0.25, 0.3) is 0 Å². The Hall–Kier alpha value is -1.69. The molecule has 0 amide bonds. The van der Waals surface area contributed by atoms with Crippen LogP contribution in [0.25, 0.3) is 22.2 Å². The average molecular weight is 359 g/mol. The number of rotatable bonds is 7. The highest BCUT2D eigenvalue weighted by molar-refractivity contribution is 7.16. The number of benzene rings is 1. The van der Waals surface area contributed by atoms with Gasteiger partial charge in [0.05, 0.1) is 12.0 Å². The van der Waals surface area contributed by atoms with Crippen molar-refractivity contribution in [3.8, 4) is 0 Å². The molecule has 0 saturated carbocycles. The van der Waals surface area contributed by atoms with E-state index in [1.807, 2.05) is 12.1 Å². The standard InChI is InChI=1S/C20H26N2O2S/c1-3-22(4-2)12-11-21-16-10-9-14(13-23)20-18(16)19(24)15-7-5-6-8-17(15)25-20/h7-10,21,23H,3-6,11-13H2,1-2H3. The van der Waals surface area contributed by atoms with Crippen LogP contribution in [-0.2, 0) is 6.61 Å². The van der Waals surface area contributed by atoms with Crippen molar-refractivity contribution in [2.24, 2.45) is 0 Å². The quantitative estimate of drug-likeness (QED) is 0.793. The number of aliphatic hydroxyl groups excluding tert-OH is 1. The minimum Gasteiger partial charge on any atom is -0.392 e. The molecular formula is C20H26N2O2S. The number of nitrogens with one attached hydrogen (secondary N) is 1. The molecule has 134 valence electrons. The van der Waals surface area contributed by atoms with E-state index in [4.69, 9.17) is 0 Å². The molecule has 25 heavy (non-hydrogen) atoms. The summed E-state index contributed by atoms with van der Waals surface area (Å²) in [5.74, 6) is 0. The van der Waals surface area contributed by atoms with Crippen LogP contribution in [0, 0.1) is 0 Å². The molecule has 0 unspecified atom stereocenters. The molecule has 0 fully saturated rings. The minimum atomic E-state index is -0.0470. The molecule has 5 heteroatoms. The molecule has 2 N–H and O–H groups in total. The zero-order chi connectivity index (χ0) is 17.8. The van der Waals surface area contributed by atoms with E-state index in [0.717, 1.165) is 70.1 Å². The molecule has 0 bridgehead atoms. The van der Waals surface area contributed by atoms with Gasteiger partial charge < -0.3 is 15.3 Å². The monoisotopic (exact) mass is 358 g/mol. The molecule has 0 radical (unpaired) electrons. The van der Waals surface area contributed by atoms with Gasteiger partial charge in [-0.25, -0.2) is 0 Å². The summed E-state index contributed by atoms with van der Waals surface area (Å²) in [6, 6.07) is 3.86. The zero-order valence-corrected chi connectivity index (χ0v) is 15.8. The second-order valence-electron chi connectivity index (χ2n) is 6.28. The Labute approximate surface area is 152 Å². The maximum absolute atomic E-state index is 13.1. The lowest BCUT2D eigenvalue weighted by atomic mass is 10.1. The van der Waals surface area contributed by atoms with E-state index in [-0.39, 0.29) is 12.0 Å². The summed E-state index contributed by atoms with van der Waals surface area (Å²) in [5, 5.41) is 14.7. The van der Waals surface area contributed by atoms with Crippen LogP contribution in [0.1, 0.15) is 32.3 Å². The number of likely N-dealkylation sites (N-methyl/N-ethyl adjacent to an activating group) is 1. The second-order valence-corrected chi connectivity index (χ2v) is 7.34. The molecule has 0 spiro atoms. The molecule has 0 saturated heterocycles. The number of anilines is 1. The summed E-state index contributed by atoms with van der Waals surface area (Å²) in [6.45, 7) is 8.06. The Morgan fingerprint density at radius 1 is 1.20 bits per heavy atom. The van der Waals surface area contributed by atoms with E-state index in [1.54, 1.807) is 11.3 Å². The lowest BCUT2D eigenvalue weighted by molar-refractivity contribution is 0.283. The van der Waals surface area contributed by atoms with Gasteiger partial charge in [0.15, 0.2) is 5.43 Å². The Bertz CT molecular complexity index is 929. The van der Waals surface area contributed by atoms with Gasteiger partial charge in [0, 0.05) is 33.2 Å². The second kappa shape index (κ2) is 8.13. The summed E-state index contributed by atoms with van der Waals surface area (Å²) in [4.78, 5) is 15.4. The predicted octanol–water partition coefficient (Wildman–Crippen LogP) is 1.86. The molecule has 1 aliphatic rings. The zero-order valence-electron chi connectivity index (χ0n) is 15.0. The fourth-order valence-electron chi connectivity index (χ4n) is 3.33. The van der Waals surface area contributed by atoms with Crippen LogP contribution in [0.5, 0.6) is 0 Å². The third-order valence-electron chi connectivity index (χ3n) is 4.84. The molecule has 0 aliphatic heterocycles. The molecule has 1 aliphatic carbocycles. The molecule has 4 nitrogen and oxygen atoms in total. The van der Waals surface area contributed by atoms with Crippen LogP contribution in [0.4, 0.5) is 5.69 Å². The number of hydrogen-bond donors (Lipinski definition) is 2. The van der Waals surface area contributed by atoms with Crippen LogP contribution in [0.15, 0.2) is 16.9 Å². The SMILES string of the molecule is CCN(CC)CCNc1ccc(CO)c2sc3c(c(=O)c12)=CCCC=3. The smallest absolute Gasteiger partial charge is 0.197 e. The average Bonchev–Trinajstić information content (AvgIpc) is 2.65. The number of fused-ring (bicyclic) bond motifs is 2. The van der Waals surface area contributed by atoms with E-state index in [2.05, 4.69) is 36.2 Å². The van der Waals surface area contributed by atoms with Gasteiger partial charge in [-0.2, -0.15) is 0 Å². The van der Waals surface area contributed by atoms with Crippen molar-refractivity contribution >= 4 is 39.3 Å². The topological polar surface area (TPSA) is 52.6 Å². The van der Waals surface area contributed by atoms with Crippen molar-refractivity contribution in [2.75, 3.05) is 31.5 Å². The third-order valence-corrected chi connectivity index (χ3v) is 6.12. The molecule has 0 atom stereocenters. The summed E-state index contributed by atoms with van der Waals surface area (Å²) in [5.41, 5.74) is 1.79. The van der Waals surface area contributed by atoms with Gasteiger partial charge in [-0.15, -0.1) is 11.3 Å². The summed E-state index contributed by atoms with van der Waals surface area (Å²) >= 11 is 1.62. The van der Waals surface area contributed by atoms with Crippen LogP contribution >= 0.6 is 11.3 Å². The first-order valence-corrected chi connectivity index (χ1v) is 9.87. The summed E-state index contributed by atoms with van der Waals surface area (Å²) < 4.78 is 1.95. The van der Waals surface area contributed by atoms with E-state index in [1.165, 1.54) is 0 Å². The van der Waals surface area contributed by atoms with Gasteiger partial charge in [-0.3, -0.25) is 4.79 Å². The van der Waals surface area contributed by atoms with Crippen molar-refractivity contribution < 1.29 is 5.11 Å². The molecule has 2 aromatic rings. The Kier molecular flexibility index (Phi) is 5.89. The molecule has 1 aromatic heterocycles. The van der Waals surface area contributed by atoms with Crippen molar-refractivity contribution in [3.63, 3.8) is 0 Å². The van der Waals surface area contributed by atoms with E-state index >= 15 is 0 Å². The fraction of sp³-hybridized carbons (Fsp3) is 0.450. The van der Waals surface area contributed by atoms with E-state index in [9.17, 15) is 9.90 Å². The minimum absolute atomic E-state index is 0.0470. The van der Waals surface area contributed by atoms with Crippen LogP contribution in [-0.4, -0.2) is 36.2 Å². The van der Waals surface area contributed by atoms with Gasteiger partial charge >= 0.3 is 0 Å². The number of nitrogens with zero attached hydrogens (tertiary/aromatic N) is 1. The van der Waals surface area contributed by atoms with Crippen LogP contribution < -0.4 is 20.5 Å². The predicted molar refractivity (Wildman–Crippen MR) is 108 cm³/mol. The van der Waals surface area contributed by atoms with Crippen molar-refractivity contribution in [2.45, 2.75) is 33.3 Å². The lowest BCUT2D eigenvalue weighted by Gasteiger charge is -2.19. The van der Waals surface area contributed by atoms with E-state index < -0.39 is 0 Å². The fourth-order valence-corrected chi connectivity index (χ4v) is 4.60. The molecule has 3 rings (SSSR count). The normalized spacial score (nSPS) is 13.4. The largest absolute Gasteiger partial charge is 0.392 e. The van der Waals surface area contributed by atoms with Crippen molar-refractivity contribution in [1.29, 1.82) is 0 Å². The molecule has 1 aromatic carbocycles. The molecular weight excluding hydrogens is 332 g/mol. The van der Waals surface area contributed by atoms with Crippen LogP contribution in [0.3, 0.4) is 0 Å². The maximum Gasteiger partial charge on any atom is 0.197 e. The van der Waals surface area contributed by atoms with Crippen LogP contribution in [0.2, 0.25) is 0 Å². The van der Waals surface area contributed by atoms with Crippen molar-refractivity contribution in [1.82, 2.24) is 4.90 Å². The van der Waals surface area contributed by atoms with Gasteiger partial charge in [0.1, 0.15) is 0 Å². The van der Waals surface area contributed by atoms with Gasteiger partial charge in [0.2, 0.25) is 0 Å². The Morgan fingerprint density at radius 3 is 2.68 bits per heavy atom. The highest BCUT2D eigenvalue weighted by Crippen LogP contribution is 2.25. The highest BCUT2D eigenvalue weighted by atomic mass is 32.1. The highest BCUT2D eigenvalue weighted by Gasteiger charge is 2.13. The number of hydrogen-bond acceptors (Lipinski definition) is 5. The first-order chi connectivity index (χ1) is 12.2. The van der Waals surface area contributed by atoms with Gasteiger partial charge in [-0.1, -0.05) is 32.1 Å². The summed E-state index contributed by atoms with van der Waals surface area (Å²) in [6.07, 6.45) is 6.09. The third kappa shape index (κ3) is 3.64. The summed E-state index contributed by atoms with van der Waals surface area (Å²) in [7, 11) is 0. The maximum atomic E-state index is 13.1. The first kappa shape index (κ1) is 18.1. The first-order valence-electron chi connectivity index (χ1n) is 9.05. The van der Waals surface area contributed by atoms with Crippen molar-refractivity contribution in [3.05, 3.63) is 37.7 Å². The Morgan fingerprint density at radius 2 is 1.96 bits per heavy atom. The molecule has 1 heterocycles. The lowest BCUT2D eigenvalue weighted by Crippen LogP contribution is -2.39. The van der Waals surface area contributed by atoms with E-state index in [0.29, 0.717) is 0 Å². The van der Waals surface area contributed by atoms with Gasteiger partial charge in [-0.05, 0) is 37.6 Å².